The monoisotopic (exact) mass is 394 g/mol. The number of carbonyl (C=O) groups is 1. The van der Waals surface area contributed by atoms with E-state index < -0.39 is 0 Å². The van der Waals surface area contributed by atoms with Crippen LogP contribution in [0.1, 0.15) is 72.4 Å². The van der Waals surface area contributed by atoms with Gasteiger partial charge in [-0.25, -0.2) is 4.98 Å². The van der Waals surface area contributed by atoms with Crippen molar-refractivity contribution in [3.8, 4) is 0 Å². The molecule has 0 radical (unpaired) electrons. The average molecular weight is 395 g/mol. The number of aliphatic hydroxyl groups excluding tert-OH is 1. The zero-order valence-electron chi connectivity index (χ0n) is 17.2. The maximum absolute atomic E-state index is 12.5. The minimum Gasteiger partial charge on any atom is -0.394 e. The molecule has 2 aliphatic heterocycles. The number of aromatic nitrogens is 1. The Bertz CT molecular complexity index is 871. The first kappa shape index (κ1) is 19.9. The van der Waals surface area contributed by atoms with E-state index in [0.717, 1.165) is 54.0 Å². The number of pyridine rings is 1. The summed E-state index contributed by atoms with van der Waals surface area (Å²) < 4.78 is 0. The van der Waals surface area contributed by atoms with Crippen LogP contribution in [0.2, 0.25) is 0 Å². The van der Waals surface area contributed by atoms with E-state index in [1.165, 1.54) is 0 Å². The minimum atomic E-state index is -0.182. The zero-order valence-corrected chi connectivity index (χ0v) is 17.2. The minimum absolute atomic E-state index is 0.00271. The van der Waals surface area contributed by atoms with Crippen LogP contribution in [-0.2, 0) is 6.54 Å². The molecule has 1 amide bonds. The van der Waals surface area contributed by atoms with Gasteiger partial charge in [-0.05, 0) is 37.8 Å². The van der Waals surface area contributed by atoms with Gasteiger partial charge in [0.05, 0.1) is 24.4 Å². The molecule has 0 bridgehead atoms. The number of hydrogen-bond donors (Lipinski definition) is 3. The van der Waals surface area contributed by atoms with E-state index >= 15 is 0 Å². The number of hydrogen-bond acceptors (Lipinski definition) is 5. The highest BCUT2D eigenvalue weighted by atomic mass is 16.3. The molecule has 3 atom stereocenters. The Hall–Kier alpha value is -2.44. The lowest BCUT2D eigenvalue weighted by atomic mass is 9.99. The van der Waals surface area contributed by atoms with Gasteiger partial charge in [0.1, 0.15) is 5.82 Å². The quantitative estimate of drug-likeness (QED) is 0.673. The molecule has 6 nitrogen and oxygen atoms in total. The third-order valence-electron chi connectivity index (χ3n) is 6.19. The molecule has 2 aromatic rings. The number of anilines is 1. The van der Waals surface area contributed by atoms with Crippen LogP contribution in [0, 0.1) is 0 Å². The Morgan fingerprint density at radius 3 is 2.76 bits per heavy atom. The number of nitrogens with one attached hydrogen (secondary N) is 2. The summed E-state index contributed by atoms with van der Waals surface area (Å²) in [5.41, 5.74) is 3.69. The Balaban J connectivity index is 1.70. The van der Waals surface area contributed by atoms with E-state index in [4.69, 9.17) is 4.98 Å². The van der Waals surface area contributed by atoms with E-state index in [1.807, 2.05) is 36.4 Å². The van der Waals surface area contributed by atoms with Crippen LogP contribution in [0.3, 0.4) is 0 Å². The van der Waals surface area contributed by atoms with E-state index in [0.29, 0.717) is 12.6 Å². The number of aliphatic hydroxyl groups is 1. The van der Waals surface area contributed by atoms with Crippen LogP contribution in [0.5, 0.6) is 0 Å². The van der Waals surface area contributed by atoms with Crippen molar-refractivity contribution in [3.05, 3.63) is 58.8 Å². The molecular weight excluding hydrogens is 364 g/mol. The van der Waals surface area contributed by atoms with Crippen LogP contribution >= 0.6 is 0 Å². The highest BCUT2D eigenvalue weighted by molar-refractivity contribution is 5.99. The Kier molecular flexibility index (Phi) is 5.83. The van der Waals surface area contributed by atoms with Gasteiger partial charge in [0.15, 0.2) is 0 Å². The molecule has 1 unspecified atom stereocenters. The predicted octanol–water partition coefficient (Wildman–Crippen LogP) is 3.09. The highest BCUT2D eigenvalue weighted by Crippen LogP contribution is 2.33. The zero-order chi connectivity index (χ0) is 20.4. The smallest absolute Gasteiger partial charge is 0.252 e. The number of nitrogens with zero attached hydrogens (tertiary/aromatic N) is 2. The fourth-order valence-electron chi connectivity index (χ4n) is 4.51. The molecule has 2 aliphatic rings. The third kappa shape index (κ3) is 3.87. The van der Waals surface area contributed by atoms with Crippen molar-refractivity contribution < 1.29 is 9.90 Å². The van der Waals surface area contributed by atoms with Crippen LogP contribution in [0.15, 0.2) is 36.4 Å². The first-order valence-corrected chi connectivity index (χ1v) is 10.6. The fraction of sp³-hybridized carbons (Fsp3) is 0.478. The summed E-state index contributed by atoms with van der Waals surface area (Å²) in [6, 6.07) is 12.1. The Labute approximate surface area is 172 Å². The van der Waals surface area contributed by atoms with Gasteiger partial charge in [-0.2, -0.15) is 0 Å². The van der Waals surface area contributed by atoms with Crippen molar-refractivity contribution in [1.82, 2.24) is 15.6 Å². The summed E-state index contributed by atoms with van der Waals surface area (Å²) in [5, 5.41) is 16.6. The lowest BCUT2D eigenvalue weighted by Crippen LogP contribution is -2.32. The van der Waals surface area contributed by atoms with Gasteiger partial charge in [0, 0.05) is 30.3 Å². The second-order valence-corrected chi connectivity index (χ2v) is 8.03. The van der Waals surface area contributed by atoms with Crippen LogP contribution in [0.4, 0.5) is 5.82 Å². The standard InChI is InChI=1S/C23H30N4O2/c1-3-19(25-20(14-28)16-9-5-4-6-10-16)22-18-13-24-23(29)17(18)12-21(26-22)27-11-7-8-15(27)2/h4-6,9-10,12,15,19-20,25,28H,3,7-8,11,13-14H2,1-2H3,(H,24,29)/t15-,19?,20-/m1/s1. The van der Waals surface area contributed by atoms with E-state index in [2.05, 4.69) is 29.4 Å². The number of amides is 1. The fourth-order valence-corrected chi connectivity index (χ4v) is 4.51. The molecule has 29 heavy (non-hydrogen) atoms. The molecule has 154 valence electrons. The van der Waals surface area contributed by atoms with Crippen LogP contribution in [-0.4, -0.2) is 35.2 Å². The molecule has 0 saturated carbocycles. The lowest BCUT2D eigenvalue weighted by Gasteiger charge is -2.28. The van der Waals surface area contributed by atoms with Gasteiger partial charge in [-0.15, -0.1) is 0 Å². The van der Waals surface area contributed by atoms with Gasteiger partial charge in [-0.3, -0.25) is 10.1 Å². The summed E-state index contributed by atoms with van der Waals surface area (Å²) in [5.74, 6) is 0.870. The van der Waals surface area contributed by atoms with Crippen molar-refractivity contribution in [1.29, 1.82) is 0 Å². The first-order valence-electron chi connectivity index (χ1n) is 10.6. The van der Waals surface area contributed by atoms with Crippen molar-refractivity contribution >= 4 is 11.7 Å². The Morgan fingerprint density at radius 1 is 1.31 bits per heavy atom. The summed E-state index contributed by atoms with van der Waals surface area (Å²) in [6.45, 7) is 5.82. The average Bonchev–Trinajstić information content (AvgIpc) is 3.35. The molecule has 3 heterocycles. The van der Waals surface area contributed by atoms with E-state index in [9.17, 15) is 9.90 Å². The molecule has 1 saturated heterocycles. The molecular formula is C23H30N4O2. The maximum atomic E-state index is 12.5. The SMILES string of the molecule is CCC(N[C@H](CO)c1ccccc1)c1nc(N2CCC[C@H]2C)cc2c1CNC2=O. The molecule has 1 aromatic carbocycles. The molecule has 0 aliphatic carbocycles. The van der Waals surface area contributed by atoms with Crippen molar-refractivity contribution in [2.24, 2.45) is 0 Å². The maximum Gasteiger partial charge on any atom is 0.252 e. The van der Waals surface area contributed by atoms with Gasteiger partial charge in [-0.1, -0.05) is 37.3 Å². The van der Waals surface area contributed by atoms with Gasteiger partial charge in [0.2, 0.25) is 0 Å². The van der Waals surface area contributed by atoms with Crippen molar-refractivity contribution in [3.63, 3.8) is 0 Å². The summed E-state index contributed by atoms with van der Waals surface area (Å²) in [6.07, 6.45) is 3.11. The second kappa shape index (κ2) is 8.51. The third-order valence-corrected chi connectivity index (χ3v) is 6.19. The van der Waals surface area contributed by atoms with Crippen LogP contribution in [0.25, 0.3) is 0 Å². The molecule has 0 spiro atoms. The highest BCUT2D eigenvalue weighted by Gasteiger charge is 2.31. The van der Waals surface area contributed by atoms with Crippen molar-refractivity contribution in [2.75, 3.05) is 18.1 Å². The van der Waals surface area contributed by atoms with E-state index in [1.54, 1.807) is 0 Å². The van der Waals surface area contributed by atoms with Crippen molar-refractivity contribution in [2.45, 2.75) is 57.8 Å². The number of benzene rings is 1. The predicted molar refractivity (Wildman–Crippen MR) is 114 cm³/mol. The number of fused-ring (bicyclic) bond motifs is 1. The number of rotatable bonds is 7. The van der Waals surface area contributed by atoms with Gasteiger partial charge >= 0.3 is 0 Å². The van der Waals surface area contributed by atoms with Crippen LogP contribution < -0.4 is 15.5 Å². The largest absolute Gasteiger partial charge is 0.394 e. The molecule has 6 heteroatoms. The van der Waals surface area contributed by atoms with Gasteiger partial charge < -0.3 is 15.3 Å². The molecule has 1 fully saturated rings. The first-order chi connectivity index (χ1) is 14.1. The Morgan fingerprint density at radius 2 is 2.10 bits per heavy atom. The van der Waals surface area contributed by atoms with E-state index in [-0.39, 0.29) is 24.6 Å². The van der Waals surface area contributed by atoms with Gasteiger partial charge in [0.25, 0.3) is 5.91 Å². The molecule has 1 aromatic heterocycles. The summed E-state index contributed by atoms with van der Waals surface area (Å²) in [7, 11) is 0. The number of carbonyl (C=O) groups excluding carboxylic acids is 1. The molecule has 3 N–H and O–H groups in total. The second-order valence-electron chi connectivity index (χ2n) is 8.03. The lowest BCUT2D eigenvalue weighted by molar-refractivity contribution is 0.0965. The normalized spacial score (nSPS) is 20.4. The topological polar surface area (TPSA) is 77.5 Å². The summed E-state index contributed by atoms with van der Waals surface area (Å²) in [4.78, 5) is 19.8. The molecule has 4 rings (SSSR count). The summed E-state index contributed by atoms with van der Waals surface area (Å²) >= 11 is 0.